The van der Waals surface area contributed by atoms with E-state index in [0.29, 0.717) is 0 Å². The van der Waals surface area contributed by atoms with Crippen LogP contribution in [-0.4, -0.2) is 101 Å². The molecule has 0 unspecified atom stereocenters. The normalized spacial score (nSPS) is 5.80. The Bertz CT molecular complexity index is 120. The predicted molar refractivity (Wildman–Crippen MR) is 52.6 cm³/mol. The van der Waals surface area contributed by atoms with Crippen molar-refractivity contribution in [1.82, 2.24) is 0 Å². The zero-order chi connectivity index (χ0) is 4.50. The molecule has 0 aromatic carbocycles. The molecule has 60 valence electrons. The van der Waals surface area contributed by atoms with Crippen molar-refractivity contribution < 1.29 is 26.1 Å². The van der Waals surface area contributed by atoms with Crippen LogP contribution in [0.4, 0.5) is 0 Å². The van der Waals surface area contributed by atoms with Crippen LogP contribution in [0, 0.1) is 0 Å². The molecule has 0 atom stereocenters. The molecule has 0 aromatic rings. The molecule has 0 aromatic heterocycles. The molecule has 0 aliphatic carbocycles. The third kappa shape index (κ3) is 112. The van der Waals surface area contributed by atoms with Crippen molar-refractivity contribution in [3.63, 3.8) is 0 Å². The molecule has 0 bridgehead atoms. The number of rotatable bonds is 0. The second-order valence-electron chi connectivity index (χ2n) is 0.448. The van der Waals surface area contributed by atoms with Gasteiger partial charge in [0.1, 0.15) is 0 Å². The van der Waals surface area contributed by atoms with Crippen LogP contribution in [0.1, 0.15) is 8.56 Å². The van der Waals surface area contributed by atoms with Crippen molar-refractivity contribution in [2.75, 3.05) is 0 Å². The summed E-state index contributed by atoms with van der Waals surface area (Å²) in [4.78, 5) is 0. The fourth-order valence-electron chi connectivity index (χ4n) is 0. The fraction of sp³-hybridized carbons (Fsp3) is 0. The molecule has 10 heavy (non-hydrogen) atoms. The van der Waals surface area contributed by atoms with Crippen LogP contribution in [0.5, 0.6) is 0 Å². The molecule has 0 saturated carbocycles. The van der Waals surface area contributed by atoms with E-state index in [1.165, 1.54) is 0 Å². The standard InChI is InChI=1S/Ca.2ClH.2Mg.H2O4S.6H/c;;;;;1-5(2,3)4;;;;;;/h;2*1H;;;(H2,1,2,3,4);;;;;;/q+2;;;2*+2;;6*-1. The summed E-state index contributed by atoms with van der Waals surface area (Å²) in [6.45, 7) is 0. The minimum absolute atomic E-state index is 0. The van der Waals surface area contributed by atoms with Gasteiger partial charge in [0, 0.05) is 0 Å². The van der Waals surface area contributed by atoms with Gasteiger partial charge in [-0.1, -0.05) is 0 Å². The monoisotopic (exact) mass is 264 g/mol. The van der Waals surface area contributed by atoms with Gasteiger partial charge in [0.05, 0.1) is 0 Å². The van der Waals surface area contributed by atoms with Gasteiger partial charge in [-0.3, -0.25) is 9.11 Å². The first-order valence-electron chi connectivity index (χ1n) is 0.698. The zero-order valence-corrected chi connectivity index (χ0v) is 12.5. The average Bonchev–Trinajstić information content (AvgIpc) is 0.722. The Hall–Kier alpha value is 3.24. The molecular formula is H10CaCl2Mg2O4S. The van der Waals surface area contributed by atoms with Crippen LogP contribution in [-0.2, 0) is 10.4 Å². The summed E-state index contributed by atoms with van der Waals surface area (Å²) in [5, 5.41) is 0. The van der Waals surface area contributed by atoms with E-state index < -0.39 is 10.4 Å². The molecule has 2 N–H and O–H groups in total. The number of hydrogen-bond donors (Lipinski definition) is 2. The Morgan fingerprint density at radius 3 is 1.00 bits per heavy atom. The molecule has 0 fully saturated rings. The van der Waals surface area contributed by atoms with E-state index >= 15 is 0 Å². The summed E-state index contributed by atoms with van der Waals surface area (Å²) in [6, 6.07) is 0. The van der Waals surface area contributed by atoms with E-state index in [9.17, 15) is 0 Å². The molecule has 0 radical (unpaired) electrons. The smallest absolute Gasteiger partial charge is 1.00 e. The first-order chi connectivity index (χ1) is 2.00. The van der Waals surface area contributed by atoms with Crippen LogP contribution in [0.15, 0.2) is 0 Å². The van der Waals surface area contributed by atoms with Gasteiger partial charge in [0.15, 0.2) is 0 Å². The molecular weight excluding hydrogens is 256 g/mol. The van der Waals surface area contributed by atoms with Gasteiger partial charge in [-0.25, -0.2) is 0 Å². The summed E-state index contributed by atoms with van der Waals surface area (Å²) in [6.07, 6.45) is 0. The molecule has 0 aliphatic heterocycles. The first kappa shape index (κ1) is 37.8. The molecule has 0 spiro atoms. The maximum Gasteiger partial charge on any atom is 2.00 e. The van der Waals surface area contributed by atoms with Gasteiger partial charge in [-0.15, -0.1) is 24.8 Å². The van der Waals surface area contributed by atoms with Gasteiger partial charge in [0.25, 0.3) is 0 Å². The van der Waals surface area contributed by atoms with E-state index in [0.717, 1.165) is 0 Å². The van der Waals surface area contributed by atoms with Gasteiger partial charge < -0.3 is 8.56 Å². The number of hydrogen-bond acceptors (Lipinski definition) is 2. The van der Waals surface area contributed by atoms with Crippen molar-refractivity contribution in [2.24, 2.45) is 0 Å². The Morgan fingerprint density at radius 1 is 1.00 bits per heavy atom. The Labute approximate surface area is 143 Å². The molecule has 0 heterocycles. The average molecular weight is 266 g/mol. The molecule has 0 amide bonds. The molecule has 10 heteroatoms. The third-order valence-electron chi connectivity index (χ3n) is 0. The molecule has 0 aliphatic rings. The van der Waals surface area contributed by atoms with Crippen LogP contribution in [0.3, 0.4) is 0 Å². The second-order valence-corrected chi connectivity index (χ2v) is 1.34. The summed E-state index contributed by atoms with van der Waals surface area (Å²) in [7, 11) is -4.67. The van der Waals surface area contributed by atoms with Crippen LogP contribution < -0.4 is 0 Å². The largest absolute Gasteiger partial charge is 2.00 e. The van der Waals surface area contributed by atoms with Gasteiger partial charge >= 0.3 is 94.2 Å². The van der Waals surface area contributed by atoms with Crippen LogP contribution in [0.2, 0.25) is 0 Å². The van der Waals surface area contributed by atoms with Crippen LogP contribution >= 0.6 is 24.8 Å². The van der Waals surface area contributed by atoms with Gasteiger partial charge in [-0.05, 0) is 0 Å². The van der Waals surface area contributed by atoms with Crippen molar-refractivity contribution in [3.05, 3.63) is 0 Å². The minimum atomic E-state index is -4.67. The van der Waals surface area contributed by atoms with E-state index in [4.69, 9.17) is 17.5 Å². The van der Waals surface area contributed by atoms with Gasteiger partial charge in [-0.2, -0.15) is 8.42 Å². The molecule has 4 nitrogen and oxygen atoms in total. The predicted octanol–water partition coefficient (Wildman–Crippen LogP) is -0.277. The van der Waals surface area contributed by atoms with Crippen molar-refractivity contribution in [3.8, 4) is 0 Å². The van der Waals surface area contributed by atoms with E-state index in [1.807, 2.05) is 0 Å². The summed E-state index contributed by atoms with van der Waals surface area (Å²) in [5.74, 6) is 0. The first-order valence-corrected chi connectivity index (χ1v) is 2.10. The van der Waals surface area contributed by atoms with Crippen molar-refractivity contribution in [1.29, 1.82) is 0 Å². The topological polar surface area (TPSA) is 74.6 Å². The van der Waals surface area contributed by atoms with Gasteiger partial charge in [0.2, 0.25) is 0 Å². The summed E-state index contributed by atoms with van der Waals surface area (Å²) < 4.78 is 31.6. The summed E-state index contributed by atoms with van der Waals surface area (Å²) in [5.41, 5.74) is 0. The second kappa shape index (κ2) is 18.1. The number of halogens is 2. The summed E-state index contributed by atoms with van der Waals surface area (Å²) >= 11 is 0. The zero-order valence-electron chi connectivity index (χ0n) is 11.1. The minimum Gasteiger partial charge on any atom is -1.00 e. The van der Waals surface area contributed by atoms with Crippen molar-refractivity contribution >= 4 is 119 Å². The Kier molecular flexibility index (Phi) is 68.5. The third-order valence-corrected chi connectivity index (χ3v) is 0. The Balaban J connectivity index is -0.00000000145. The van der Waals surface area contributed by atoms with Crippen LogP contribution in [0.25, 0.3) is 0 Å². The maximum absolute atomic E-state index is 8.74. The van der Waals surface area contributed by atoms with E-state index in [-0.39, 0.29) is 117 Å². The molecule has 0 saturated heterocycles. The van der Waals surface area contributed by atoms with E-state index in [2.05, 4.69) is 0 Å². The van der Waals surface area contributed by atoms with E-state index in [1.54, 1.807) is 0 Å². The Morgan fingerprint density at radius 2 is 1.00 bits per heavy atom. The fourth-order valence-corrected chi connectivity index (χ4v) is 0. The molecule has 0 rings (SSSR count). The van der Waals surface area contributed by atoms with Crippen molar-refractivity contribution in [2.45, 2.75) is 0 Å². The SMILES string of the molecule is Cl.Cl.O=S(=O)(O)O.[Ca+2].[H-].[H-].[H-].[H-].[H-].[H-].[Mg+2].[Mg+2]. The maximum atomic E-state index is 8.74. The quantitative estimate of drug-likeness (QED) is 0.467.